The summed E-state index contributed by atoms with van der Waals surface area (Å²) < 4.78 is 0. The second-order valence-corrected chi connectivity index (χ2v) is 11.4. The highest BCUT2D eigenvalue weighted by atomic mass is 32.2. The molecule has 4 aromatic carbocycles. The van der Waals surface area contributed by atoms with E-state index < -0.39 is 11.4 Å². The number of carbonyl (C=O) groups is 1. The predicted octanol–water partition coefficient (Wildman–Crippen LogP) is 7.88. The number of carboxylic acid groups (broad SMARTS) is 1. The molecule has 1 aliphatic carbocycles. The van der Waals surface area contributed by atoms with Crippen LogP contribution in [0.2, 0.25) is 0 Å². The maximum Gasteiger partial charge on any atom is 0.336 e. The third kappa shape index (κ3) is 5.41. The van der Waals surface area contributed by atoms with Gasteiger partial charge in [-0.25, -0.2) is 4.79 Å². The van der Waals surface area contributed by atoms with Crippen LogP contribution in [0, 0.1) is 0 Å². The van der Waals surface area contributed by atoms with E-state index in [0.717, 1.165) is 38.0 Å². The highest BCUT2D eigenvalue weighted by molar-refractivity contribution is 7.99. The van der Waals surface area contributed by atoms with Gasteiger partial charge in [-0.1, -0.05) is 98.8 Å². The van der Waals surface area contributed by atoms with Crippen molar-refractivity contribution < 1.29 is 9.90 Å². The molecule has 0 heterocycles. The number of hydrogen-bond donors (Lipinski definition) is 1. The Hall–Kier alpha value is -3.34. The van der Waals surface area contributed by atoms with E-state index in [-0.39, 0.29) is 0 Å². The topological polar surface area (TPSA) is 40.5 Å². The Morgan fingerprint density at radius 1 is 0.821 bits per heavy atom. The molecule has 0 amide bonds. The molecule has 0 saturated carbocycles. The number of benzene rings is 4. The minimum absolute atomic E-state index is 0.351. The van der Waals surface area contributed by atoms with Crippen LogP contribution in [0.4, 0.5) is 0 Å². The molecule has 1 aliphatic rings. The fourth-order valence-electron chi connectivity index (χ4n) is 6.29. The van der Waals surface area contributed by atoms with E-state index in [1.54, 1.807) is 17.8 Å². The minimum atomic E-state index is -0.882. The zero-order chi connectivity index (χ0) is 27.2. The lowest BCUT2D eigenvalue weighted by molar-refractivity contribution is 0.0695. The second-order valence-electron chi connectivity index (χ2n) is 10.3. The lowest BCUT2D eigenvalue weighted by atomic mass is 9.67. The lowest BCUT2D eigenvalue weighted by Crippen LogP contribution is -2.35. The van der Waals surface area contributed by atoms with Crippen molar-refractivity contribution in [1.82, 2.24) is 4.90 Å². The van der Waals surface area contributed by atoms with E-state index in [1.165, 1.54) is 27.1 Å². The predicted molar refractivity (Wildman–Crippen MR) is 162 cm³/mol. The molecule has 1 N–H and O–H groups in total. The molecule has 5 rings (SSSR count). The molecule has 200 valence electrons. The van der Waals surface area contributed by atoms with Crippen LogP contribution in [0.25, 0.3) is 0 Å². The molecule has 0 radical (unpaired) electrons. The average Bonchev–Trinajstić information content (AvgIpc) is 3.10. The van der Waals surface area contributed by atoms with Crippen LogP contribution in [-0.4, -0.2) is 41.4 Å². The number of carboxylic acids is 1. The van der Waals surface area contributed by atoms with Gasteiger partial charge >= 0.3 is 5.97 Å². The van der Waals surface area contributed by atoms with Crippen LogP contribution in [0.3, 0.4) is 0 Å². The average molecular weight is 536 g/mol. The van der Waals surface area contributed by atoms with Crippen molar-refractivity contribution in [3.05, 3.63) is 137 Å². The Labute approximate surface area is 236 Å². The molecular formula is C35H37NO2S. The molecule has 0 spiro atoms. The third-order valence-electron chi connectivity index (χ3n) is 8.31. The van der Waals surface area contributed by atoms with Gasteiger partial charge in [-0.3, -0.25) is 0 Å². The van der Waals surface area contributed by atoms with Crippen LogP contribution in [-0.2, 0) is 11.8 Å². The Bertz CT molecular complexity index is 1420. The first-order valence-electron chi connectivity index (χ1n) is 14.0. The second kappa shape index (κ2) is 12.2. The van der Waals surface area contributed by atoms with Crippen molar-refractivity contribution in [2.45, 2.75) is 42.9 Å². The Morgan fingerprint density at radius 2 is 1.44 bits per heavy atom. The van der Waals surface area contributed by atoms with Crippen molar-refractivity contribution in [3.63, 3.8) is 0 Å². The van der Waals surface area contributed by atoms with Crippen molar-refractivity contribution in [3.8, 4) is 0 Å². The Kier molecular flexibility index (Phi) is 8.54. The maximum atomic E-state index is 12.7. The number of nitrogens with zero attached hydrogens (tertiary/aromatic N) is 1. The summed E-state index contributed by atoms with van der Waals surface area (Å²) >= 11 is 1.80. The highest BCUT2D eigenvalue weighted by Crippen LogP contribution is 2.51. The first kappa shape index (κ1) is 27.2. The Balaban J connectivity index is 1.77. The maximum absolute atomic E-state index is 12.7. The summed E-state index contributed by atoms with van der Waals surface area (Å²) in [5.74, 6) is 0.175. The number of hydrogen-bond acceptors (Lipinski definition) is 3. The normalized spacial score (nSPS) is 18.3. The largest absolute Gasteiger partial charge is 0.478 e. The summed E-state index contributed by atoms with van der Waals surface area (Å²) in [6.45, 7) is 7.60. The fraction of sp³-hybridized carbons (Fsp3) is 0.286. The van der Waals surface area contributed by atoms with Gasteiger partial charge in [-0.05, 0) is 84.4 Å². The van der Waals surface area contributed by atoms with E-state index >= 15 is 0 Å². The van der Waals surface area contributed by atoms with E-state index in [9.17, 15) is 9.90 Å². The molecule has 4 heteroatoms. The van der Waals surface area contributed by atoms with E-state index in [1.807, 2.05) is 24.3 Å². The molecule has 0 fully saturated rings. The van der Waals surface area contributed by atoms with Crippen molar-refractivity contribution in [1.29, 1.82) is 0 Å². The fourth-order valence-corrected chi connectivity index (χ4v) is 7.49. The standard InChI is InChI=1S/C35H37NO2S/c1-3-36(4-2)23-22-26-24-27-14-8-11-19-31(27)35(32-20-12-9-17-29(26)32,25-39-28-15-6-5-7-16-28)33-21-13-10-18-30(33)34(37)38/h5-21,26H,3-4,22-25H2,1-2H3,(H,37,38). The third-order valence-corrected chi connectivity index (χ3v) is 9.49. The first-order chi connectivity index (χ1) is 19.1. The van der Waals surface area contributed by atoms with Gasteiger partial charge in [0.1, 0.15) is 0 Å². The van der Waals surface area contributed by atoms with E-state index in [2.05, 4.69) is 91.5 Å². The summed E-state index contributed by atoms with van der Waals surface area (Å²) in [5, 5.41) is 10.4. The zero-order valence-electron chi connectivity index (χ0n) is 22.8. The molecule has 3 nitrogen and oxygen atoms in total. The van der Waals surface area contributed by atoms with Gasteiger partial charge in [0.15, 0.2) is 0 Å². The van der Waals surface area contributed by atoms with Crippen molar-refractivity contribution in [2.24, 2.45) is 0 Å². The van der Waals surface area contributed by atoms with Crippen LogP contribution >= 0.6 is 11.8 Å². The molecule has 0 saturated heterocycles. The first-order valence-corrected chi connectivity index (χ1v) is 15.0. The quantitative estimate of drug-likeness (QED) is 0.210. The number of fused-ring (bicyclic) bond motifs is 2. The van der Waals surface area contributed by atoms with E-state index in [0.29, 0.717) is 17.2 Å². The summed E-state index contributed by atoms with van der Waals surface area (Å²) in [7, 11) is 0. The van der Waals surface area contributed by atoms with Gasteiger partial charge in [-0.15, -0.1) is 11.8 Å². The van der Waals surface area contributed by atoms with Gasteiger partial charge < -0.3 is 10.0 Å². The van der Waals surface area contributed by atoms with Gasteiger partial charge in [0.25, 0.3) is 0 Å². The van der Waals surface area contributed by atoms with Crippen molar-refractivity contribution in [2.75, 3.05) is 25.4 Å². The van der Waals surface area contributed by atoms with Crippen molar-refractivity contribution >= 4 is 17.7 Å². The van der Waals surface area contributed by atoms with Crippen LogP contribution in [0.5, 0.6) is 0 Å². The number of aromatic carboxylic acids is 1. The molecule has 0 bridgehead atoms. The molecular weight excluding hydrogens is 498 g/mol. The molecule has 0 aliphatic heterocycles. The van der Waals surface area contributed by atoms with Gasteiger partial charge in [0, 0.05) is 10.6 Å². The zero-order valence-corrected chi connectivity index (χ0v) is 23.7. The lowest BCUT2D eigenvalue weighted by Gasteiger charge is -2.38. The van der Waals surface area contributed by atoms with Gasteiger partial charge in [-0.2, -0.15) is 0 Å². The molecule has 2 unspecified atom stereocenters. The smallest absolute Gasteiger partial charge is 0.336 e. The monoisotopic (exact) mass is 535 g/mol. The number of rotatable bonds is 10. The SMILES string of the molecule is CCN(CC)CCC1Cc2ccccc2C(CSc2ccccc2)(c2ccccc2C(=O)O)c2ccccc21. The summed E-state index contributed by atoms with van der Waals surface area (Å²) in [4.78, 5) is 16.4. The highest BCUT2D eigenvalue weighted by Gasteiger charge is 2.44. The summed E-state index contributed by atoms with van der Waals surface area (Å²) in [5.41, 5.74) is 5.73. The molecule has 0 aromatic heterocycles. The van der Waals surface area contributed by atoms with Crippen LogP contribution in [0.1, 0.15) is 64.4 Å². The number of thioether (sulfide) groups is 1. The van der Waals surface area contributed by atoms with Crippen LogP contribution < -0.4 is 0 Å². The van der Waals surface area contributed by atoms with Gasteiger partial charge in [0.2, 0.25) is 0 Å². The van der Waals surface area contributed by atoms with Gasteiger partial charge in [0.05, 0.1) is 11.0 Å². The minimum Gasteiger partial charge on any atom is -0.478 e. The molecule has 4 aromatic rings. The van der Waals surface area contributed by atoms with Crippen LogP contribution in [0.15, 0.2) is 108 Å². The molecule has 2 atom stereocenters. The molecule has 39 heavy (non-hydrogen) atoms. The Morgan fingerprint density at radius 3 is 2.15 bits per heavy atom. The summed E-state index contributed by atoms with van der Waals surface area (Å²) in [6, 6.07) is 35.7. The summed E-state index contributed by atoms with van der Waals surface area (Å²) in [6.07, 6.45) is 2.01. The van der Waals surface area contributed by atoms with E-state index in [4.69, 9.17) is 0 Å².